The molecule has 2 heterocycles. The van der Waals surface area contributed by atoms with Crippen LogP contribution in [-0.4, -0.2) is 47.3 Å². The molecule has 2 N–H and O–H groups in total. The summed E-state index contributed by atoms with van der Waals surface area (Å²) in [6.07, 6.45) is 1.81. The second-order valence-corrected chi connectivity index (χ2v) is 6.33. The van der Waals surface area contributed by atoms with E-state index in [4.69, 9.17) is 0 Å². The fourth-order valence-corrected chi connectivity index (χ4v) is 3.46. The Labute approximate surface area is 171 Å². The lowest BCUT2D eigenvalue weighted by Crippen LogP contribution is -2.43. The molecule has 0 aliphatic heterocycles. The number of aromatic nitrogens is 2. The number of rotatable bonds is 8. The van der Waals surface area contributed by atoms with Crippen molar-refractivity contribution in [2.24, 2.45) is 12.0 Å². The maximum Gasteiger partial charge on any atom is 0.191 e. The third-order valence-corrected chi connectivity index (χ3v) is 4.93. The summed E-state index contributed by atoms with van der Waals surface area (Å²) in [6.45, 7) is 7.99. The van der Waals surface area contributed by atoms with E-state index in [1.807, 2.05) is 17.8 Å². The van der Waals surface area contributed by atoms with Gasteiger partial charge in [-0.1, -0.05) is 13.8 Å². The van der Waals surface area contributed by atoms with Gasteiger partial charge in [0.1, 0.15) is 0 Å². The maximum atomic E-state index is 4.33. The zero-order valence-electron chi connectivity index (χ0n) is 15.4. The number of hydrogen-bond donors (Lipinski definition) is 2. The minimum absolute atomic E-state index is 0. The zero-order chi connectivity index (χ0) is 17.4. The predicted octanol–water partition coefficient (Wildman–Crippen LogP) is 2.85. The van der Waals surface area contributed by atoms with Crippen LogP contribution < -0.4 is 10.6 Å². The summed E-state index contributed by atoms with van der Waals surface area (Å²) < 4.78 is 1.87. The molecule has 0 aliphatic carbocycles. The molecule has 2 aromatic heterocycles. The van der Waals surface area contributed by atoms with E-state index in [0.29, 0.717) is 12.6 Å². The number of nitrogens with one attached hydrogen (secondary N) is 2. The van der Waals surface area contributed by atoms with Crippen molar-refractivity contribution in [2.75, 3.05) is 26.7 Å². The van der Waals surface area contributed by atoms with Gasteiger partial charge in [-0.3, -0.25) is 14.6 Å². The van der Waals surface area contributed by atoms with Gasteiger partial charge in [-0.05, 0) is 41.5 Å². The molecular weight excluding hydrogens is 447 g/mol. The zero-order valence-corrected chi connectivity index (χ0v) is 18.5. The molecule has 2 rings (SSSR count). The van der Waals surface area contributed by atoms with Gasteiger partial charge in [0.15, 0.2) is 5.96 Å². The molecule has 140 valence electrons. The van der Waals surface area contributed by atoms with Gasteiger partial charge in [0, 0.05) is 26.8 Å². The molecule has 1 unspecified atom stereocenters. The Hall–Kier alpha value is -1.13. The van der Waals surface area contributed by atoms with Crippen molar-refractivity contribution in [3.05, 3.63) is 40.3 Å². The van der Waals surface area contributed by atoms with Gasteiger partial charge in [-0.2, -0.15) is 16.4 Å². The molecule has 0 fully saturated rings. The first-order valence-electron chi connectivity index (χ1n) is 8.37. The van der Waals surface area contributed by atoms with Crippen molar-refractivity contribution in [2.45, 2.75) is 26.4 Å². The highest BCUT2D eigenvalue weighted by molar-refractivity contribution is 14.0. The summed E-state index contributed by atoms with van der Waals surface area (Å²) in [4.78, 5) is 6.79. The van der Waals surface area contributed by atoms with Crippen LogP contribution >= 0.6 is 35.3 Å². The Morgan fingerprint density at radius 2 is 2.08 bits per heavy atom. The lowest BCUT2D eigenvalue weighted by molar-refractivity contribution is 0.219. The molecule has 0 aliphatic rings. The monoisotopic (exact) mass is 476 g/mol. The van der Waals surface area contributed by atoms with E-state index >= 15 is 0 Å². The van der Waals surface area contributed by atoms with Crippen molar-refractivity contribution in [1.29, 1.82) is 0 Å². The third kappa shape index (κ3) is 6.27. The molecular formula is C17H29IN6S. The van der Waals surface area contributed by atoms with Crippen LogP contribution in [0.25, 0.3) is 0 Å². The average molecular weight is 476 g/mol. The minimum atomic E-state index is 0. The number of aryl methyl sites for hydroxylation is 1. The van der Waals surface area contributed by atoms with Crippen molar-refractivity contribution < 1.29 is 0 Å². The van der Waals surface area contributed by atoms with Gasteiger partial charge in [0.25, 0.3) is 0 Å². The molecule has 1 atom stereocenters. The third-order valence-electron chi connectivity index (χ3n) is 4.23. The molecule has 0 bridgehead atoms. The second-order valence-electron chi connectivity index (χ2n) is 5.55. The Morgan fingerprint density at radius 1 is 1.32 bits per heavy atom. The Balaban J connectivity index is 0.00000312. The fraction of sp³-hybridized carbons (Fsp3) is 0.529. The van der Waals surface area contributed by atoms with Crippen LogP contribution in [0.4, 0.5) is 0 Å². The van der Waals surface area contributed by atoms with Gasteiger partial charge in [0.05, 0.1) is 18.3 Å². The van der Waals surface area contributed by atoms with Gasteiger partial charge in [-0.25, -0.2) is 0 Å². The summed E-state index contributed by atoms with van der Waals surface area (Å²) in [5, 5.41) is 15.4. The SMILES string of the molecule is CCN(CC)C(CNC(=NC)NCc1ccnn1C)c1ccsc1.I. The summed E-state index contributed by atoms with van der Waals surface area (Å²) in [7, 11) is 3.75. The quantitative estimate of drug-likeness (QED) is 0.350. The summed E-state index contributed by atoms with van der Waals surface area (Å²) in [5.41, 5.74) is 2.48. The van der Waals surface area contributed by atoms with E-state index in [-0.39, 0.29) is 24.0 Å². The van der Waals surface area contributed by atoms with E-state index < -0.39 is 0 Å². The van der Waals surface area contributed by atoms with Gasteiger partial charge >= 0.3 is 0 Å². The van der Waals surface area contributed by atoms with E-state index in [9.17, 15) is 0 Å². The number of nitrogens with zero attached hydrogens (tertiary/aromatic N) is 4. The Morgan fingerprint density at radius 3 is 2.60 bits per heavy atom. The van der Waals surface area contributed by atoms with Crippen LogP contribution in [0.5, 0.6) is 0 Å². The largest absolute Gasteiger partial charge is 0.354 e. The molecule has 0 spiro atoms. The molecule has 0 radical (unpaired) electrons. The highest BCUT2D eigenvalue weighted by Crippen LogP contribution is 2.22. The second kappa shape index (κ2) is 11.5. The van der Waals surface area contributed by atoms with Crippen LogP contribution in [-0.2, 0) is 13.6 Å². The van der Waals surface area contributed by atoms with E-state index in [1.165, 1.54) is 5.56 Å². The van der Waals surface area contributed by atoms with Crippen molar-refractivity contribution in [3.8, 4) is 0 Å². The van der Waals surface area contributed by atoms with Gasteiger partial charge in [-0.15, -0.1) is 24.0 Å². The molecule has 0 saturated heterocycles. The first-order chi connectivity index (χ1) is 11.7. The van der Waals surface area contributed by atoms with Crippen LogP contribution in [0.15, 0.2) is 34.1 Å². The van der Waals surface area contributed by atoms with Crippen molar-refractivity contribution in [1.82, 2.24) is 25.3 Å². The first-order valence-corrected chi connectivity index (χ1v) is 9.31. The Bertz CT molecular complexity index is 621. The summed E-state index contributed by atoms with van der Waals surface area (Å²) in [5.74, 6) is 0.809. The van der Waals surface area contributed by atoms with E-state index in [1.54, 1.807) is 24.6 Å². The highest BCUT2D eigenvalue weighted by Gasteiger charge is 2.18. The average Bonchev–Trinajstić information content (AvgIpc) is 3.26. The molecule has 0 saturated carbocycles. The molecule has 25 heavy (non-hydrogen) atoms. The number of guanidine groups is 1. The van der Waals surface area contributed by atoms with E-state index in [2.05, 4.69) is 56.3 Å². The van der Waals surface area contributed by atoms with Crippen LogP contribution in [0, 0.1) is 0 Å². The lowest BCUT2D eigenvalue weighted by atomic mass is 10.1. The lowest BCUT2D eigenvalue weighted by Gasteiger charge is -2.30. The Kier molecular flexibility index (Phi) is 10.1. The highest BCUT2D eigenvalue weighted by atomic mass is 127. The summed E-state index contributed by atoms with van der Waals surface area (Å²) >= 11 is 1.75. The van der Waals surface area contributed by atoms with Crippen molar-refractivity contribution >= 4 is 41.3 Å². The normalized spacial score (nSPS) is 12.8. The summed E-state index contributed by atoms with van der Waals surface area (Å²) in [6, 6.07) is 4.56. The number of aliphatic imine (C=N–C) groups is 1. The standard InChI is InChI=1S/C17H28N6S.HI/c1-5-23(6-2)16(14-8-10-24-13-14)12-20-17(18-3)19-11-15-7-9-21-22(15)4;/h7-10,13,16H,5-6,11-12H2,1-4H3,(H2,18,19,20);1H. The molecule has 6 nitrogen and oxygen atoms in total. The van der Waals surface area contributed by atoms with Crippen molar-refractivity contribution in [3.63, 3.8) is 0 Å². The first kappa shape index (κ1) is 21.9. The topological polar surface area (TPSA) is 57.5 Å². The number of likely N-dealkylation sites (N-methyl/N-ethyl adjacent to an activating group) is 1. The smallest absolute Gasteiger partial charge is 0.191 e. The fourth-order valence-electron chi connectivity index (χ4n) is 2.75. The minimum Gasteiger partial charge on any atom is -0.354 e. The predicted molar refractivity (Wildman–Crippen MR) is 117 cm³/mol. The number of hydrogen-bond acceptors (Lipinski definition) is 4. The molecule has 8 heteroatoms. The van der Waals surface area contributed by atoms with E-state index in [0.717, 1.165) is 31.3 Å². The van der Waals surface area contributed by atoms with Crippen LogP contribution in [0.1, 0.15) is 31.1 Å². The molecule has 0 amide bonds. The number of thiophene rings is 1. The molecule has 0 aromatic carbocycles. The van der Waals surface area contributed by atoms with Gasteiger partial charge < -0.3 is 10.6 Å². The maximum absolute atomic E-state index is 4.33. The van der Waals surface area contributed by atoms with Crippen LogP contribution in [0.2, 0.25) is 0 Å². The van der Waals surface area contributed by atoms with Crippen LogP contribution in [0.3, 0.4) is 0 Å². The number of halogens is 1. The molecule has 2 aromatic rings. The van der Waals surface area contributed by atoms with Gasteiger partial charge in [0.2, 0.25) is 0 Å².